The van der Waals surface area contributed by atoms with Crippen molar-refractivity contribution in [3.05, 3.63) is 64.5 Å². The molecular weight excluding hydrogens is 378 g/mol. The third-order valence-electron chi connectivity index (χ3n) is 5.27. The first-order chi connectivity index (χ1) is 13.5. The molecule has 1 aliphatic heterocycles. The Morgan fingerprint density at radius 3 is 2.82 bits per heavy atom. The predicted molar refractivity (Wildman–Crippen MR) is 104 cm³/mol. The molecule has 140 valence electrons. The summed E-state index contributed by atoms with van der Waals surface area (Å²) in [4.78, 5) is 45.6. The van der Waals surface area contributed by atoms with E-state index in [9.17, 15) is 14.4 Å². The van der Waals surface area contributed by atoms with E-state index in [1.54, 1.807) is 0 Å². The van der Waals surface area contributed by atoms with E-state index in [1.165, 1.54) is 4.90 Å². The number of nitrogens with one attached hydrogen (secondary N) is 1. The first-order valence-electron chi connectivity index (χ1n) is 8.82. The fourth-order valence-electron chi connectivity index (χ4n) is 3.91. The number of hydrogen-bond donors (Lipinski definition) is 2. The molecule has 1 amide bonds. The predicted octanol–water partition coefficient (Wildman–Crippen LogP) is 2.65. The Morgan fingerprint density at radius 2 is 2.00 bits per heavy atom. The number of esters is 1. The lowest BCUT2D eigenvalue weighted by molar-refractivity contribution is -0.152. The van der Waals surface area contributed by atoms with E-state index in [1.807, 2.05) is 36.4 Å². The smallest absolute Gasteiger partial charge is 0.325 e. The molecule has 2 aliphatic rings. The third kappa shape index (κ3) is 2.52. The maximum absolute atomic E-state index is 13.1. The number of ketones is 1. The standard InChI is InChI=1S/C20H15N3O4S/c24-15-8-23(20(26)28)14(9-27-15)19-21-13-6-5-11-7-10-3-1-2-4-12(10)18(25)16(11)17(13)22-19/h1-6,14H,7-9H2,(H,21,22)(H,26,28)/t14-/m1/s1. The van der Waals surface area contributed by atoms with Gasteiger partial charge in [0.05, 0.1) is 11.1 Å². The Bertz CT molecular complexity index is 1170. The number of imidazole rings is 1. The van der Waals surface area contributed by atoms with Gasteiger partial charge in [-0.15, -0.1) is 0 Å². The van der Waals surface area contributed by atoms with Gasteiger partial charge in [-0.05, 0) is 23.6 Å². The van der Waals surface area contributed by atoms with Crippen LogP contribution in [0.25, 0.3) is 11.0 Å². The van der Waals surface area contributed by atoms with Crippen molar-refractivity contribution in [2.75, 3.05) is 13.2 Å². The number of aromatic amines is 1. The second-order valence-corrected chi connectivity index (χ2v) is 7.27. The van der Waals surface area contributed by atoms with Crippen molar-refractivity contribution < 1.29 is 19.1 Å². The molecule has 8 heteroatoms. The Labute approximate surface area is 165 Å². The van der Waals surface area contributed by atoms with Gasteiger partial charge >= 0.3 is 5.97 Å². The van der Waals surface area contributed by atoms with Gasteiger partial charge in [-0.3, -0.25) is 14.4 Å². The number of carbonyl (C=O) groups is 3. The van der Waals surface area contributed by atoms with Gasteiger partial charge in [0.2, 0.25) is 0 Å². The maximum Gasteiger partial charge on any atom is 0.325 e. The molecule has 1 fully saturated rings. The normalized spacial score (nSPS) is 18.6. The zero-order chi connectivity index (χ0) is 19.4. The summed E-state index contributed by atoms with van der Waals surface area (Å²) in [5, 5.41) is -0.533. The summed E-state index contributed by atoms with van der Waals surface area (Å²) in [6.45, 7) is -0.196. The topological polar surface area (TPSA) is 92.4 Å². The van der Waals surface area contributed by atoms with Gasteiger partial charge in [0.25, 0.3) is 5.24 Å². The van der Waals surface area contributed by atoms with Crippen LogP contribution in [0.3, 0.4) is 0 Å². The monoisotopic (exact) mass is 393 g/mol. The molecule has 2 aromatic carbocycles. The lowest BCUT2D eigenvalue weighted by Gasteiger charge is -2.31. The van der Waals surface area contributed by atoms with Gasteiger partial charge in [0.15, 0.2) is 5.78 Å². The molecule has 5 rings (SSSR count). The molecule has 1 N–H and O–H groups in total. The molecule has 0 radical (unpaired) electrons. The minimum absolute atomic E-state index is 0.00999. The highest BCUT2D eigenvalue weighted by Crippen LogP contribution is 2.33. The van der Waals surface area contributed by atoms with E-state index in [0.717, 1.165) is 11.1 Å². The van der Waals surface area contributed by atoms with Crippen LogP contribution in [0.15, 0.2) is 36.4 Å². The molecule has 1 atom stereocenters. The number of rotatable bonds is 1. The van der Waals surface area contributed by atoms with Gasteiger partial charge in [0, 0.05) is 5.56 Å². The lowest BCUT2D eigenvalue weighted by Crippen LogP contribution is -2.44. The number of thiol groups is 1. The average molecular weight is 393 g/mol. The quantitative estimate of drug-likeness (QED) is 0.383. The molecule has 1 aromatic heterocycles. The molecule has 7 nitrogen and oxygen atoms in total. The highest BCUT2D eigenvalue weighted by atomic mass is 32.1. The number of morpholine rings is 1. The summed E-state index contributed by atoms with van der Waals surface area (Å²) in [7, 11) is 0. The van der Waals surface area contributed by atoms with E-state index in [2.05, 4.69) is 22.6 Å². The molecule has 3 aromatic rings. The minimum atomic E-state index is -0.572. The zero-order valence-corrected chi connectivity index (χ0v) is 15.5. The summed E-state index contributed by atoms with van der Waals surface area (Å²) in [6.07, 6.45) is 0.664. The molecule has 1 aliphatic carbocycles. The van der Waals surface area contributed by atoms with E-state index in [0.29, 0.717) is 34.4 Å². The fraction of sp³-hybridized carbons (Fsp3) is 0.200. The largest absolute Gasteiger partial charge is 0.462 e. The first-order valence-corrected chi connectivity index (χ1v) is 9.27. The number of cyclic esters (lactones) is 1. The van der Waals surface area contributed by atoms with E-state index in [4.69, 9.17) is 4.74 Å². The number of benzene rings is 2. The second kappa shape index (κ2) is 6.20. The van der Waals surface area contributed by atoms with Crippen LogP contribution in [0.5, 0.6) is 0 Å². The Kier molecular flexibility index (Phi) is 3.77. The number of fused-ring (bicyclic) bond motifs is 4. The van der Waals surface area contributed by atoms with Crippen LogP contribution in [0.4, 0.5) is 4.79 Å². The number of amides is 1. The number of ether oxygens (including phenoxy) is 1. The Balaban J connectivity index is 1.62. The number of aromatic nitrogens is 2. The van der Waals surface area contributed by atoms with Gasteiger partial charge in [-0.2, -0.15) is 0 Å². The molecule has 1 saturated heterocycles. The fourth-order valence-corrected chi connectivity index (χ4v) is 4.12. The highest BCUT2D eigenvalue weighted by Gasteiger charge is 2.35. The van der Waals surface area contributed by atoms with E-state index in [-0.39, 0.29) is 18.9 Å². The van der Waals surface area contributed by atoms with Crippen LogP contribution in [0.2, 0.25) is 0 Å². The number of nitrogens with zero attached hydrogens (tertiary/aromatic N) is 2. The van der Waals surface area contributed by atoms with Crippen molar-refractivity contribution >= 4 is 40.7 Å². The summed E-state index contributed by atoms with van der Waals surface area (Å²) < 4.78 is 5.11. The molecule has 0 saturated carbocycles. The first kappa shape index (κ1) is 17.0. The van der Waals surface area contributed by atoms with Crippen LogP contribution in [-0.4, -0.2) is 45.0 Å². The number of carbonyl (C=O) groups excluding carboxylic acids is 3. The van der Waals surface area contributed by atoms with Crippen molar-refractivity contribution in [1.82, 2.24) is 14.9 Å². The number of hydrogen-bond acceptors (Lipinski definition) is 5. The van der Waals surface area contributed by atoms with Crippen LogP contribution >= 0.6 is 12.6 Å². The molecule has 0 spiro atoms. The van der Waals surface area contributed by atoms with E-state index >= 15 is 0 Å². The molecule has 2 heterocycles. The highest BCUT2D eigenvalue weighted by molar-refractivity contribution is 7.96. The Hall–Kier alpha value is -3.13. The van der Waals surface area contributed by atoms with Crippen LogP contribution in [0.1, 0.15) is 38.9 Å². The molecule has 0 unspecified atom stereocenters. The van der Waals surface area contributed by atoms with Gasteiger partial charge in [0.1, 0.15) is 30.5 Å². The summed E-state index contributed by atoms with van der Waals surface area (Å²) in [6, 6.07) is 10.8. The van der Waals surface area contributed by atoms with Crippen molar-refractivity contribution in [3.8, 4) is 0 Å². The summed E-state index contributed by atoms with van der Waals surface area (Å²) >= 11 is 3.86. The molecule has 28 heavy (non-hydrogen) atoms. The third-order valence-corrected chi connectivity index (χ3v) is 5.53. The lowest BCUT2D eigenvalue weighted by atomic mass is 9.84. The van der Waals surface area contributed by atoms with Crippen molar-refractivity contribution in [2.24, 2.45) is 0 Å². The van der Waals surface area contributed by atoms with E-state index < -0.39 is 17.3 Å². The Morgan fingerprint density at radius 1 is 1.18 bits per heavy atom. The van der Waals surface area contributed by atoms with Crippen LogP contribution in [-0.2, 0) is 16.0 Å². The number of H-pyrrole nitrogens is 1. The summed E-state index contributed by atoms with van der Waals surface area (Å²) in [5.41, 5.74) is 4.45. The minimum Gasteiger partial charge on any atom is -0.462 e. The molecule has 0 bridgehead atoms. The van der Waals surface area contributed by atoms with Crippen molar-refractivity contribution in [1.29, 1.82) is 0 Å². The van der Waals surface area contributed by atoms with Gasteiger partial charge in [-0.1, -0.05) is 43.0 Å². The average Bonchev–Trinajstić information content (AvgIpc) is 3.12. The van der Waals surface area contributed by atoms with Crippen LogP contribution in [0, 0.1) is 0 Å². The van der Waals surface area contributed by atoms with Crippen molar-refractivity contribution in [3.63, 3.8) is 0 Å². The van der Waals surface area contributed by atoms with Gasteiger partial charge < -0.3 is 14.6 Å². The SMILES string of the molecule is O=C1CN(C(=O)S)[C@@H](c2nc3c4c(ccc3[nH]2)Cc2ccccc2C4=O)CO1. The molecular formula is C20H15N3O4S. The van der Waals surface area contributed by atoms with Crippen LogP contribution < -0.4 is 0 Å². The van der Waals surface area contributed by atoms with Crippen molar-refractivity contribution in [2.45, 2.75) is 12.5 Å². The zero-order valence-electron chi connectivity index (χ0n) is 14.6. The second-order valence-electron chi connectivity index (χ2n) is 6.89. The maximum atomic E-state index is 13.1. The summed E-state index contributed by atoms with van der Waals surface area (Å²) in [5.74, 6) is -0.0819. The van der Waals surface area contributed by atoms with Gasteiger partial charge in [-0.25, -0.2) is 4.98 Å².